The van der Waals surface area contributed by atoms with Crippen molar-refractivity contribution in [2.75, 3.05) is 5.32 Å². The van der Waals surface area contributed by atoms with E-state index in [9.17, 15) is 10.1 Å². The van der Waals surface area contributed by atoms with E-state index < -0.39 is 4.92 Å². The minimum atomic E-state index is -0.551. The Balaban J connectivity index is 2.00. The van der Waals surface area contributed by atoms with Crippen molar-refractivity contribution in [2.45, 2.75) is 20.4 Å². The van der Waals surface area contributed by atoms with Crippen LogP contribution in [-0.4, -0.2) is 19.9 Å². The van der Waals surface area contributed by atoms with Crippen molar-refractivity contribution in [2.24, 2.45) is 0 Å². The van der Waals surface area contributed by atoms with Gasteiger partial charge in [-0.05, 0) is 13.8 Å². The Kier molecular flexibility index (Phi) is 3.18. The first-order chi connectivity index (χ1) is 8.56. The normalized spacial score (nSPS) is 10.3. The second-order valence-corrected chi connectivity index (χ2v) is 3.62. The summed E-state index contributed by atoms with van der Waals surface area (Å²) in [6, 6.07) is 0. The zero-order valence-corrected chi connectivity index (χ0v) is 9.88. The first-order valence-corrected chi connectivity index (χ1v) is 5.19. The Morgan fingerprint density at radius 2 is 2.06 bits per heavy atom. The lowest BCUT2D eigenvalue weighted by molar-refractivity contribution is -0.385. The molecule has 8 heteroatoms. The molecule has 0 aliphatic heterocycles. The van der Waals surface area contributed by atoms with E-state index in [0.29, 0.717) is 12.4 Å². The van der Waals surface area contributed by atoms with Crippen molar-refractivity contribution in [1.82, 2.24) is 15.0 Å². The lowest BCUT2D eigenvalue weighted by Crippen LogP contribution is -2.04. The van der Waals surface area contributed by atoms with Gasteiger partial charge in [0.15, 0.2) is 0 Å². The summed E-state index contributed by atoms with van der Waals surface area (Å²) in [6.07, 6.45) is 2.28. The largest absolute Gasteiger partial charge is 0.444 e. The Labute approximate surface area is 102 Å². The molecule has 0 amide bonds. The molecular weight excluding hydrogens is 238 g/mol. The van der Waals surface area contributed by atoms with Crippen LogP contribution in [0.3, 0.4) is 0 Å². The Morgan fingerprint density at radius 1 is 1.39 bits per heavy atom. The molecule has 0 fully saturated rings. The first kappa shape index (κ1) is 12.0. The molecule has 2 rings (SSSR count). The van der Waals surface area contributed by atoms with Gasteiger partial charge in [0, 0.05) is 0 Å². The minimum Gasteiger partial charge on any atom is -0.444 e. The summed E-state index contributed by atoms with van der Waals surface area (Å²) in [5.74, 6) is 1.57. The van der Waals surface area contributed by atoms with Crippen LogP contribution in [0.2, 0.25) is 0 Å². The van der Waals surface area contributed by atoms with Gasteiger partial charge in [-0.25, -0.2) is 15.0 Å². The van der Waals surface area contributed by atoms with Crippen molar-refractivity contribution in [1.29, 1.82) is 0 Å². The van der Waals surface area contributed by atoms with Crippen LogP contribution < -0.4 is 5.32 Å². The Hall–Kier alpha value is -2.51. The van der Waals surface area contributed by atoms with Crippen LogP contribution in [-0.2, 0) is 6.54 Å². The summed E-state index contributed by atoms with van der Waals surface area (Å²) in [4.78, 5) is 21.7. The second-order valence-electron chi connectivity index (χ2n) is 3.62. The summed E-state index contributed by atoms with van der Waals surface area (Å²) in [5, 5.41) is 13.3. The topological polar surface area (TPSA) is 107 Å². The summed E-state index contributed by atoms with van der Waals surface area (Å²) in [5.41, 5.74) is 0.680. The monoisotopic (exact) mass is 249 g/mol. The molecule has 0 aliphatic rings. The molecule has 0 saturated carbocycles. The average Bonchev–Trinajstić information content (AvgIpc) is 2.67. The number of nitro groups is 1. The molecule has 8 nitrogen and oxygen atoms in total. The molecule has 1 N–H and O–H groups in total. The van der Waals surface area contributed by atoms with Gasteiger partial charge in [0.1, 0.15) is 18.2 Å². The SMILES string of the molecule is Cc1nc(CNc2ncc([N+](=O)[O-])cn2)oc1C. The van der Waals surface area contributed by atoms with Gasteiger partial charge in [0.05, 0.1) is 17.2 Å². The molecule has 18 heavy (non-hydrogen) atoms. The molecule has 0 aromatic carbocycles. The molecule has 0 aliphatic carbocycles. The number of nitrogens with one attached hydrogen (secondary N) is 1. The predicted molar refractivity (Wildman–Crippen MR) is 62.0 cm³/mol. The third-order valence-corrected chi connectivity index (χ3v) is 2.32. The fourth-order valence-electron chi connectivity index (χ4n) is 1.28. The fraction of sp³-hybridized carbons (Fsp3) is 0.300. The number of hydrogen-bond donors (Lipinski definition) is 1. The van der Waals surface area contributed by atoms with Gasteiger partial charge >= 0.3 is 5.69 Å². The van der Waals surface area contributed by atoms with Gasteiger partial charge in [-0.2, -0.15) is 0 Å². The first-order valence-electron chi connectivity index (χ1n) is 5.19. The number of nitrogens with zero attached hydrogens (tertiary/aromatic N) is 4. The van der Waals surface area contributed by atoms with Crippen LogP contribution in [0.4, 0.5) is 11.6 Å². The third kappa shape index (κ3) is 2.59. The van der Waals surface area contributed by atoms with Crippen LogP contribution in [0.15, 0.2) is 16.8 Å². The van der Waals surface area contributed by atoms with Crippen molar-refractivity contribution in [3.8, 4) is 0 Å². The van der Waals surface area contributed by atoms with E-state index in [1.54, 1.807) is 0 Å². The standard InChI is InChI=1S/C10H11N5O3/c1-6-7(2)18-9(14-6)5-13-10-11-3-8(4-12-10)15(16)17/h3-4H,5H2,1-2H3,(H,11,12,13). The van der Waals surface area contributed by atoms with E-state index in [1.165, 1.54) is 0 Å². The molecule has 0 bridgehead atoms. The second kappa shape index (κ2) is 4.78. The molecule has 0 radical (unpaired) electrons. The lowest BCUT2D eigenvalue weighted by Gasteiger charge is -2.00. The van der Waals surface area contributed by atoms with E-state index in [1.807, 2.05) is 13.8 Å². The molecule has 94 valence electrons. The Bertz CT molecular complexity index is 544. The molecular formula is C10H11N5O3. The number of oxazole rings is 1. The number of hydrogen-bond acceptors (Lipinski definition) is 7. The van der Waals surface area contributed by atoms with Crippen LogP contribution in [0.1, 0.15) is 17.3 Å². The van der Waals surface area contributed by atoms with E-state index in [-0.39, 0.29) is 11.6 Å². The highest BCUT2D eigenvalue weighted by Crippen LogP contribution is 2.11. The number of aryl methyl sites for hydroxylation is 2. The average molecular weight is 249 g/mol. The smallest absolute Gasteiger partial charge is 0.305 e. The quantitative estimate of drug-likeness (QED) is 0.647. The molecule has 2 heterocycles. The maximum atomic E-state index is 10.4. The van der Waals surface area contributed by atoms with Gasteiger partial charge in [-0.15, -0.1) is 0 Å². The van der Waals surface area contributed by atoms with E-state index in [0.717, 1.165) is 23.8 Å². The van der Waals surface area contributed by atoms with Gasteiger partial charge in [0.25, 0.3) is 0 Å². The third-order valence-electron chi connectivity index (χ3n) is 2.32. The van der Waals surface area contributed by atoms with Crippen molar-refractivity contribution in [3.05, 3.63) is 39.9 Å². The van der Waals surface area contributed by atoms with Gasteiger partial charge < -0.3 is 9.73 Å². The summed E-state index contributed by atoms with van der Waals surface area (Å²) in [7, 11) is 0. The summed E-state index contributed by atoms with van der Waals surface area (Å²) < 4.78 is 5.36. The predicted octanol–water partition coefficient (Wildman–Crippen LogP) is 1.60. The zero-order valence-electron chi connectivity index (χ0n) is 9.88. The van der Waals surface area contributed by atoms with Crippen molar-refractivity contribution >= 4 is 11.6 Å². The van der Waals surface area contributed by atoms with E-state index >= 15 is 0 Å². The molecule has 0 saturated heterocycles. The van der Waals surface area contributed by atoms with Gasteiger partial charge in [0.2, 0.25) is 11.8 Å². The minimum absolute atomic E-state index is 0.150. The molecule has 0 spiro atoms. The van der Waals surface area contributed by atoms with Crippen molar-refractivity contribution in [3.63, 3.8) is 0 Å². The highest BCUT2D eigenvalue weighted by atomic mass is 16.6. The molecule has 2 aromatic heterocycles. The maximum Gasteiger partial charge on any atom is 0.305 e. The van der Waals surface area contributed by atoms with Crippen LogP contribution in [0, 0.1) is 24.0 Å². The van der Waals surface area contributed by atoms with E-state index in [2.05, 4.69) is 20.3 Å². The van der Waals surface area contributed by atoms with Gasteiger partial charge in [-0.3, -0.25) is 10.1 Å². The zero-order chi connectivity index (χ0) is 13.1. The van der Waals surface area contributed by atoms with Crippen LogP contribution >= 0.6 is 0 Å². The maximum absolute atomic E-state index is 10.4. The van der Waals surface area contributed by atoms with Crippen molar-refractivity contribution < 1.29 is 9.34 Å². The fourth-order valence-corrected chi connectivity index (χ4v) is 1.28. The molecule has 2 aromatic rings. The van der Waals surface area contributed by atoms with E-state index in [4.69, 9.17) is 4.42 Å². The lowest BCUT2D eigenvalue weighted by atomic mass is 10.4. The summed E-state index contributed by atoms with van der Waals surface area (Å²) in [6.45, 7) is 4.01. The number of aromatic nitrogens is 3. The number of rotatable bonds is 4. The highest BCUT2D eigenvalue weighted by molar-refractivity contribution is 5.30. The van der Waals surface area contributed by atoms with Crippen LogP contribution in [0.25, 0.3) is 0 Å². The molecule has 0 unspecified atom stereocenters. The highest BCUT2D eigenvalue weighted by Gasteiger charge is 2.08. The number of anilines is 1. The Morgan fingerprint density at radius 3 is 2.56 bits per heavy atom. The van der Waals surface area contributed by atoms with Crippen LogP contribution in [0.5, 0.6) is 0 Å². The van der Waals surface area contributed by atoms with Gasteiger partial charge in [-0.1, -0.05) is 0 Å². The summed E-state index contributed by atoms with van der Waals surface area (Å²) >= 11 is 0. The molecule has 0 atom stereocenters.